The average Bonchev–Trinajstić information content (AvgIpc) is 3.13. The van der Waals surface area contributed by atoms with E-state index in [-0.39, 0.29) is 16.7 Å². The first kappa shape index (κ1) is 25.2. The standard InChI is InChI=1S/C30H32N2O4/c1-6-16-36-24-14-9-20(17-19(24)2)27(33)25-26(21-8-7-15-31-18-21)32(29(35)28(25)34)23-12-10-22(11-13-23)30(3,4)5/h7-15,17-18,26,33H,6,16H2,1-5H3/b27-25-. The van der Waals surface area contributed by atoms with E-state index in [9.17, 15) is 14.7 Å². The third-order valence-electron chi connectivity index (χ3n) is 6.37. The van der Waals surface area contributed by atoms with Gasteiger partial charge in [0, 0.05) is 23.6 Å². The molecule has 186 valence electrons. The van der Waals surface area contributed by atoms with Gasteiger partial charge in [-0.1, -0.05) is 45.9 Å². The number of carbonyl (C=O) groups is 2. The number of ketones is 1. The first-order valence-corrected chi connectivity index (χ1v) is 12.2. The maximum atomic E-state index is 13.4. The Kier molecular flexibility index (Phi) is 6.97. The topological polar surface area (TPSA) is 79.7 Å². The minimum atomic E-state index is -0.810. The molecule has 1 fully saturated rings. The summed E-state index contributed by atoms with van der Waals surface area (Å²) in [4.78, 5) is 32.4. The number of Topliss-reactive ketones (excluding diaryl/α,β-unsaturated/α-hetero) is 1. The van der Waals surface area contributed by atoms with Gasteiger partial charge in [0.25, 0.3) is 11.7 Å². The fourth-order valence-electron chi connectivity index (χ4n) is 4.40. The Bertz CT molecular complexity index is 1310. The number of pyridine rings is 1. The van der Waals surface area contributed by atoms with Gasteiger partial charge in [-0.2, -0.15) is 0 Å². The molecular formula is C30H32N2O4. The van der Waals surface area contributed by atoms with E-state index >= 15 is 0 Å². The lowest BCUT2D eigenvalue weighted by atomic mass is 9.87. The SMILES string of the molecule is CCCOc1ccc(/C(O)=C2/C(=O)C(=O)N(c3ccc(C(C)(C)C)cc3)C2c2cccnc2)cc1C. The molecule has 1 saturated heterocycles. The Morgan fingerprint density at radius 3 is 2.39 bits per heavy atom. The van der Waals surface area contributed by atoms with Crippen molar-refractivity contribution in [1.29, 1.82) is 0 Å². The van der Waals surface area contributed by atoms with E-state index in [4.69, 9.17) is 4.74 Å². The summed E-state index contributed by atoms with van der Waals surface area (Å²) in [7, 11) is 0. The lowest BCUT2D eigenvalue weighted by molar-refractivity contribution is -0.132. The fourth-order valence-corrected chi connectivity index (χ4v) is 4.40. The van der Waals surface area contributed by atoms with Crippen LogP contribution in [0.3, 0.4) is 0 Å². The Balaban J connectivity index is 1.84. The van der Waals surface area contributed by atoms with Crippen molar-refractivity contribution in [3.8, 4) is 5.75 Å². The van der Waals surface area contributed by atoms with Crippen LogP contribution in [0, 0.1) is 6.92 Å². The van der Waals surface area contributed by atoms with E-state index in [2.05, 4.69) is 25.8 Å². The van der Waals surface area contributed by atoms with Crippen LogP contribution < -0.4 is 9.64 Å². The zero-order chi connectivity index (χ0) is 26.0. The van der Waals surface area contributed by atoms with E-state index in [0.29, 0.717) is 23.4 Å². The van der Waals surface area contributed by atoms with Crippen molar-refractivity contribution in [3.05, 3.63) is 94.8 Å². The highest BCUT2D eigenvalue weighted by molar-refractivity contribution is 6.51. The van der Waals surface area contributed by atoms with Crippen LogP contribution >= 0.6 is 0 Å². The second kappa shape index (κ2) is 9.97. The number of aliphatic hydroxyl groups is 1. The second-order valence-corrected chi connectivity index (χ2v) is 10.1. The highest BCUT2D eigenvalue weighted by Gasteiger charge is 2.47. The van der Waals surface area contributed by atoms with Crippen LogP contribution in [0.5, 0.6) is 5.75 Å². The van der Waals surface area contributed by atoms with Gasteiger partial charge in [-0.3, -0.25) is 19.5 Å². The monoisotopic (exact) mass is 484 g/mol. The first-order chi connectivity index (χ1) is 17.1. The Morgan fingerprint density at radius 1 is 1.08 bits per heavy atom. The van der Waals surface area contributed by atoms with Crippen molar-refractivity contribution in [2.24, 2.45) is 0 Å². The van der Waals surface area contributed by atoms with Gasteiger partial charge in [-0.25, -0.2) is 0 Å². The van der Waals surface area contributed by atoms with Gasteiger partial charge in [0.15, 0.2) is 0 Å². The maximum absolute atomic E-state index is 13.4. The summed E-state index contributed by atoms with van der Waals surface area (Å²) in [5, 5.41) is 11.4. The Hall–Kier alpha value is -3.93. The summed E-state index contributed by atoms with van der Waals surface area (Å²) >= 11 is 0. The molecule has 1 amide bonds. The number of rotatable bonds is 6. The van der Waals surface area contributed by atoms with Crippen molar-refractivity contribution < 1.29 is 19.4 Å². The number of hydrogen-bond donors (Lipinski definition) is 1. The van der Waals surface area contributed by atoms with Crippen LogP contribution in [0.2, 0.25) is 0 Å². The zero-order valence-electron chi connectivity index (χ0n) is 21.4. The molecule has 1 aliphatic heterocycles. The van der Waals surface area contributed by atoms with E-state index in [1.54, 1.807) is 42.7 Å². The number of carbonyl (C=O) groups excluding carboxylic acids is 2. The molecule has 1 aromatic heterocycles. The molecule has 0 radical (unpaired) electrons. The Labute approximate surface area is 212 Å². The van der Waals surface area contributed by atoms with Gasteiger partial charge >= 0.3 is 0 Å². The predicted molar refractivity (Wildman–Crippen MR) is 141 cm³/mol. The molecule has 2 aromatic carbocycles. The summed E-state index contributed by atoms with van der Waals surface area (Å²) in [6.45, 7) is 10.9. The highest BCUT2D eigenvalue weighted by Crippen LogP contribution is 2.42. The summed E-state index contributed by atoms with van der Waals surface area (Å²) in [6, 6.07) is 15.6. The van der Waals surface area contributed by atoms with Gasteiger partial charge in [-0.15, -0.1) is 0 Å². The van der Waals surface area contributed by atoms with Crippen LogP contribution in [-0.2, 0) is 15.0 Å². The van der Waals surface area contributed by atoms with Gasteiger partial charge in [-0.05, 0) is 71.8 Å². The van der Waals surface area contributed by atoms with E-state index in [1.807, 2.05) is 38.1 Å². The molecule has 1 aliphatic rings. The molecule has 0 bridgehead atoms. The Morgan fingerprint density at radius 2 is 1.81 bits per heavy atom. The van der Waals surface area contributed by atoms with Crippen molar-refractivity contribution in [3.63, 3.8) is 0 Å². The lowest BCUT2D eigenvalue weighted by Crippen LogP contribution is -2.29. The normalized spacial score (nSPS) is 17.5. The fraction of sp³-hybridized carbons (Fsp3) is 0.300. The average molecular weight is 485 g/mol. The van der Waals surface area contributed by atoms with Crippen LogP contribution in [0.15, 0.2) is 72.6 Å². The van der Waals surface area contributed by atoms with Gasteiger partial charge in [0.05, 0.1) is 18.2 Å². The summed E-state index contributed by atoms with van der Waals surface area (Å²) in [5.74, 6) is -0.920. The zero-order valence-corrected chi connectivity index (χ0v) is 21.4. The lowest BCUT2D eigenvalue weighted by Gasteiger charge is -2.26. The highest BCUT2D eigenvalue weighted by atomic mass is 16.5. The molecule has 1 N–H and O–H groups in total. The second-order valence-electron chi connectivity index (χ2n) is 10.1. The van der Waals surface area contributed by atoms with Crippen molar-refractivity contribution in [2.75, 3.05) is 11.5 Å². The van der Waals surface area contributed by atoms with Crippen LogP contribution in [0.1, 0.15) is 62.4 Å². The number of aryl methyl sites for hydroxylation is 1. The molecule has 6 nitrogen and oxygen atoms in total. The molecule has 1 atom stereocenters. The number of aliphatic hydroxyl groups excluding tert-OH is 1. The number of benzene rings is 2. The van der Waals surface area contributed by atoms with E-state index in [0.717, 1.165) is 23.3 Å². The van der Waals surface area contributed by atoms with E-state index in [1.165, 1.54) is 4.90 Å². The number of amides is 1. The van der Waals surface area contributed by atoms with Crippen molar-refractivity contribution in [1.82, 2.24) is 4.98 Å². The molecule has 6 heteroatoms. The molecule has 4 rings (SSSR count). The number of anilines is 1. The minimum absolute atomic E-state index is 0.0366. The predicted octanol–water partition coefficient (Wildman–Crippen LogP) is 6.10. The van der Waals surface area contributed by atoms with Gasteiger partial charge < -0.3 is 9.84 Å². The van der Waals surface area contributed by atoms with E-state index < -0.39 is 17.7 Å². The first-order valence-electron chi connectivity index (χ1n) is 12.2. The largest absolute Gasteiger partial charge is 0.507 e. The number of ether oxygens (including phenoxy) is 1. The molecule has 3 aromatic rings. The van der Waals surface area contributed by atoms with Gasteiger partial charge in [0.2, 0.25) is 0 Å². The van der Waals surface area contributed by atoms with Gasteiger partial charge in [0.1, 0.15) is 11.5 Å². The number of hydrogen-bond acceptors (Lipinski definition) is 5. The summed E-state index contributed by atoms with van der Waals surface area (Å²) in [5.41, 5.74) is 3.59. The minimum Gasteiger partial charge on any atom is -0.507 e. The molecule has 0 spiro atoms. The molecule has 36 heavy (non-hydrogen) atoms. The number of aromatic nitrogens is 1. The number of nitrogens with zero attached hydrogens (tertiary/aromatic N) is 2. The molecule has 2 heterocycles. The third kappa shape index (κ3) is 4.76. The molecule has 0 aliphatic carbocycles. The van der Waals surface area contributed by atoms with Crippen LogP contribution in [0.25, 0.3) is 5.76 Å². The summed E-state index contributed by atoms with van der Waals surface area (Å²) in [6.07, 6.45) is 4.13. The molecular weight excluding hydrogens is 452 g/mol. The van der Waals surface area contributed by atoms with Crippen molar-refractivity contribution in [2.45, 2.75) is 52.5 Å². The quantitative estimate of drug-likeness (QED) is 0.260. The molecule has 1 unspecified atom stereocenters. The van der Waals surface area contributed by atoms with Crippen molar-refractivity contribution >= 4 is 23.1 Å². The molecule has 0 saturated carbocycles. The summed E-state index contributed by atoms with van der Waals surface area (Å²) < 4.78 is 5.75. The van der Waals surface area contributed by atoms with Crippen LogP contribution in [-0.4, -0.2) is 28.4 Å². The van der Waals surface area contributed by atoms with Crippen LogP contribution in [0.4, 0.5) is 5.69 Å². The maximum Gasteiger partial charge on any atom is 0.300 e. The smallest absolute Gasteiger partial charge is 0.300 e. The third-order valence-corrected chi connectivity index (χ3v) is 6.37.